The van der Waals surface area contributed by atoms with Crippen LogP contribution in [0.5, 0.6) is 0 Å². The number of pyridine rings is 1. The normalized spacial score (nSPS) is 15.0. The fraction of sp³-hybridized carbons (Fsp3) is 0.250. The number of nitrogens with two attached hydrogens (primary N) is 1. The molecule has 0 unspecified atom stereocenters. The third-order valence-electron chi connectivity index (χ3n) is 6.17. The van der Waals surface area contributed by atoms with Crippen molar-refractivity contribution >= 4 is 17.4 Å². The number of anilines is 1. The van der Waals surface area contributed by atoms with E-state index in [0.29, 0.717) is 17.9 Å². The molecule has 0 spiro atoms. The van der Waals surface area contributed by atoms with Gasteiger partial charge in [0.25, 0.3) is 0 Å². The minimum absolute atomic E-state index is 0.173. The average molecular weight is 454 g/mol. The highest BCUT2D eigenvalue weighted by molar-refractivity contribution is 6.11. The maximum absolute atomic E-state index is 12.5. The lowest BCUT2D eigenvalue weighted by molar-refractivity contribution is 0.251. The third-order valence-corrected chi connectivity index (χ3v) is 6.17. The Balaban J connectivity index is 1.35. The van der Waals surface area contributed by atoms with Crippen molar-refractivity contribution in [1.29, 1.82) is 5.41 Å². The molecule has 0 saturated carbocycles. The first-order valence-electron chi connectivity index (χ1n) is 11.5. The Morgan fingerprint density at radius 3 is 2.59 bits per heavy atom. The number of carbonyl (C=O) groups is 1. The molecule has 2 amide bonds. The smallest absolute Gasteiger partial charge is 0.319 e. The molecule has 2 aromatic carbocycles. The van der Waals surface area contributed by atoms with Crippen molar-refractivity contribution in [2.75, 3.05) is 5.32 Å². The Morgan fingerprint density at radius 2 is 1.88 bits per heavy atom. The third kappa shape index (κ3) is 5.70. The molecule has 5 N–H and O–H groups in total. The predicted octanol–water partition coefficient (Wildman–Crippen LogP) is 5.86. The monoisotopic (exact) mass is 453 g/mol. The van der Waals surface area contributed by atoms with Crippen molar-refractivity contribution in [1.82, 2.24) is 10.3 Å². The maximum Gasteiger partial charge on any atom is 0.319 e. The predicted molar refractivity (Wildman–Crippen MR) is 138 cm³/mol. The van der Waals surface area contributed by atoms with Crippen LogP contribution in [0.15, 0.2) is 84.2 Å². The summed E-state index contributed by atoms with van der Waals surface area (Å²) in [5.41, 5.74) is 12.9. The number of benzene rings is 2. The molecule has 0 fully saturated rings. The molecular weight excluding hydrogens is 422 g/mol. The van der Waals surface area contributed by atoms with Crippen LogP contribution in [-0.4, -0.2) is 16.7 Å². The van der Waals surface area contributed by atoms with Crippen molar-refractivity contribution in [2.24, 2.45) is 11.1 Å². The number of hydrogen-bond donors (Lipinski definition) is 4. The summed E-state index contributed by atoms with van der Waals surface area (Å²) < 4.78 is 0. The summed E-state index contributed by atoms with van der Waals surface area (Å²) >= 11 is 0. The van der Waals surface area contributed by atoms with E-state index >= 15 is 0 Å². The van der Waals surface area contributed by atoms with Crippen LogP contribution in [0.2, 0.25) is 0 Å². The topological polar surface area (TPSA) is 104 Å². The largest absolute Gasteiger partial charge is 0.402 e. The van der Waals surface area contributed by atoms with E-state index in [1.165, 1.54) is 0 Å². The molecule has 0 aliphatic heterocycles. The highest BCUT2D eigenvalue weighted by atomic mass is 16.2. The van der Waals surface area contributed by atoms with E-state index in [0.717, 1.165) is 52.9 Å². The van der Waals surface area contributed by atoms with Crippen LogP contribution >= 0.6 is 0 Å². The van der Waals surface area contributed by atoms with Gasteiger partial charge in [0.05, 0.1) is 11.4 Å². The van der Waals surface area contributed by atoms with Crippen LogP contribution in [-0.2, 0) is 6.54 Å². The van der Waals surface area contributed by atoms with Gasteiger partial charge in [-0.3, -0.25) is 10.4 Å². The molecule has 174 valence electrons. The van der Waals surface area contributed by atoms with Gasteiger partial charge >= 0.3 is 6.03 Å². The second-order valence-corrected chi connectivity index (χ2v) is 9.53. The average Bonchev–Trinajstić information content (AvgIpc) is 2.83. The zero-order valence-electron chi connectivity index (χ0n) is 19.7. The van der Waals surface area contributed by atoms with E-state index in [1.54, 1.807) is 6.20 Å². The Kier molecular flexibility index (Phi) is 6.77. The molecule has 34 heavy (non-hydrogen) atoms. The SMILES string of the molecule is CC1(C)CCC(C(=N)c2cccc(NC(=O)NCc3ccc(-c4ccccc4)nc3)c2)=C(N)C1. The van der Waals surface area contributed by atoms with Gasteiger partial charge in [-0.15, -0.1) is 0 Å². The summed E-state index contributed by atoms with van der Waals surface area (Å²) in [6.45, 7) is 4.77. The molecule has 6 heteroatoms. The summed E-state index contributed by atoms with van der Waals surface area (Å²) in [4.78, 5) is 16.9. The lowest BCUT2D eigenvalue weighted by Crippen LogP contribution is -2.28. The Hall–Kier alpha value is -3.93. The van der Waals surface area contributed by atoms with Gasteiger partial charge in [0.2, 0.25) is 0 Å². The molecule has 0 bridgehead atoms. The van der Waals surface area contributed by atoms with Crippen molar-refractivity contribution < 1.29 is 4.79 Å². The number of nitrogens with zero attached hydrogens (tertiary/aromatic N) is 1. The molecule has 0 radical (unpaired) electrons. The van der Waals surface area contributed by atoms with Crippen LogP contribution in [0.1, 0.15) is 44.2 Å². The summed E-state index contributed by atoms with van der Waals surface area (Å²) in [5.74, 6) is 0. The van der Waals surface area contributed by atoms with Crippen molar-refractivity contribution in [3.05, 3.63) is 95.3 Å². The van der Waals surface area contributed by atoms with Gasteiger partial charge in [-0.1, -0.05) is 62.4 Å². The van der Waals surface area contributed by atoms with Gasteiger partial charge < -0.3 is 16.4 Å². The lowest BCUT2D eigenvalue weighted by Gasteiger charge is -2.31. The Bertz CT molecular complexity index is 1210. The van der Waals surface area contributed by atoms with E-state index in [4.69, 9.17) is 11.1 Å². The molecule has 3 aromatic rings. The summed E-state index contributed by atoms with van der Waals surface area (Å²) in [6.07, 6.45) is 4.38. The number of aromatic nitrogens is 1. The van der Waals surface area contributed by atoms with Gasteiger partial charge in [0.1, 0.15) is 0 Å². The summed E-state index contributed by atoms with van der Waals surface area (Å²) in [6, 6.07) is 20.9. The van der Waals surface area contributed by atoms with Gasteiger partial charge in [0.15, 0.2) is 0 Å². The number of hydrogen-bond acceptors (Lipinski definition) is 4. The lowest BCUT2D eigenvalue weighted by atomic mass is 9.75. The highest BCUT2D eigenvalue weighted by Crippen LogP contribution is 2.37. The van der Waals surface area contributed by atoms with Crippen molar-refractivity contribution in [2.45, 2.75) is 39.7 Å². The van der Waals surface area contributed by atoms with E-state index in [2.05, 4.69) is 29.5 Å². The molecule has 1 aromatic heterocycles. The quantitative estimate of drug-likeness (QED) is 0.351. The number of amides is 2. The first-order valence-corrected chi connectivity index (χ1v) is 11.5. The highest BCUT2D eigenvalue weighted by Gasteiger charge is 2.27. The second-order valence-electron chi connectivity index (χ2n) is 9.53. The molecule has 0 saturated heterocycles. The minimum atomic E-state index is -0.311. The molecular formula is C28H31N5O. The first-order chi connectivity index (χ1) is 16.3. The van der Waals surface area contributed by atoms with Crippen LogP contribution in [0.25, 0.3) is 11.3 Å². The number of allylic oxidation sites excluding steroid dienone is 2. The van der Waals surface area contributed by atoms with Gasteiger partial charge in [0, 0.05) is 35.3 Å². The number of urea groups is 1. The molecule has 4 rings (SSSR count). The summed E-state index contributed by atoms with van der Waals surface area (Å²) in [7, 11) is 0. The standard InChI is InChI=1S/C28H31N5O/c1-28(2)14-13-23(24(29)16-28)26(30)21-9-6-10-22(15-21)33-27(34)32-18-19-11-12-25(31-17-19)20-7-4-3-5-8-20/h3-12,15,17,30H,13-14,16,18,29H2,1-2H3,(H2,32,33,34). The van der Waals surface area contributed by atoms with E-state index in [9.17, 15) is 4.79 Å². The fourth-order valence-electron chi connectivity index (χ4n) is 4.21. The second kappa shape index (κ2) is 9.91. The molecule has 1 aliphatic carbocycles. The van der Waals surface area contributed by atoms with Crippen LogP contribution in [0.3, 0.4) is 0 Å². The maximum atomic E-state index is 12.5. The van der Waals surface area contributed by atoms with Crippen LogP contribution in [0.4, 0.5) is 10.5 Å². The number of carbonyl (C=O) groups excluding carboxylic acids is 1. The molecule has 1 heterocycles. The number of nitrogens with one attached hydrogen (secondary N) is 3. The summed E-state index contributed by atoms with van der Waals surface area (Å²) in [5, 5.41) is 14.4. The van der Waals surface area contributed by atoms with Gasteiger partial charge in [-0.25, -0.2) is 4.79 Å². The zero-order chi connectivity index (χ0) is 24.1. The van der Waals surface area contributed by atoms with Crippen molar-refractivity contribution in [3.63, 3.8) is 0 Å². The van der Waals surface area contributed by atoms with Gasteiger partial charge in [-0.2, -0.15) is 0 Å². The van der Waals surface area contributed by atoms with Crippen LogP contribution < -0.4 is 16.4 Å². The number of rotatable bonds is 6. The molecule has 0 atom stereocenters. The Morgan fingerprint density at radius 1 is 1.09 bits per heavy atom. The van der Waals surface area contributed by atoms with E-state index in [-0.39, 0.29) is 11.4 Å². The Labute approximate surface area is 200 Å². The van der Waals surface area contributed by atoms with Gasteiger partial charge in [-0.05, 0) is 54.0 Å². The fourth-order valence-corrected chi connectivity index (χ4v) is 4.21. The molecule has 1 aliphatic rings. The van der Waals surface area contributed by atoms with Crippen molar-refractivity contribution in [3.8, 4) is 11.3 Å². The first kappa shape index (κ1) is 23.2. The zero-order valence-corrected chi connectivity index (χ0v) is 19.7. The van der Waals surface area contributed by atoms with E-state index < -0.39 is 0 Å². The molecule has 6 nitrogen and oxygen atoms in total. The van der Waals surface area contributed by atoms with E-state index in [1.807, 2.05) is 66.7 Å². The van der Waals surface area contributed by atoms with Crippen LogP contribution in [0, 0.1) is 10.8 Å². The minimum Gasteiger partial charge on any atom is -0.402 e.